The molecule has 116 valence electrons. The van der Waals surface area contributed by atoms with Gasteiger partial charge in [-0.2, -0.15) is 5.10 Å². The largest absolute Gasteiger partial charge is 0.348 e. The molecule has 0 aliphatic heterocycles. The maximum absolute atomic E-state index is 11.9. The quantitative estimate of drug-likeness (QED) is 0.857. The number of carbonyl (C=O) groups excluding carboxylic acids is 2. The molecule has 0 saturated carbocycles. The van der Waals surface area contributed by atoms with Crippen LogP contribution in [0.3, 0.4) is 0 Å². The van der Waals surface area contributed by atoms with Crippen LogP contribution in [0.15, 0.2) is 36.7 Å². The maximum atomic E-state index is 11.9. The third-order valence-electron chi connectivity index (χ3n) is 3.11. The predicted octanol–water partition coefficient (Wildman–Crippen LogP) is 2.09. The molecule has 2 N–H and O–H groups in total. The first-order valence-electron chi connectivity index (χ1n) is 7.24. The zero-order valence-electron chi connectivity index (χ0n) is 12.8. The molecule has 0 fully saturated rings. The molecule has 2 rings (SSSR count). The summed E-state index contributed by atoms with van der Waals surface area (Å²) in [5, 5.41) is 9.64. The summed E-state index contributed by atoms with van der Waals surface area (Å²) in [5.74, 6) is -0.174. The monoisotopic (exact) mass is 300 g/mol. The summed E-state index contributed by atoms with van der Waals surface area (Å²) in [5.41, 5.74) is 2.19. The fourth-order valence-corrected chi connectivity index (χ4v) is 2.03. The van der Waals surface area contributed by atoms with Crippen molar-refractivity contribution in [1.82, 2.24) is 15.1 Å². The number of nitrogens with one attached hydrogen (secondary N) is 2. The number of amides is 2. The summed E-state index contributed by atoms with van der Waals surface area (Å²) in [7, 11) is 1.76. The van der Waals surface area contributed by atoms with Crippen molar-refractivity contribution in [2.24, 2.45) is 7.05 Å². The third-order valence-corrected chi connectivity index (χ3v) is 3.11. The molecular formula is C16H20N4O2. The van der Waals surface area contributed by atoms with Crippen molar-refractivity contribution in [1.29, 1.82) is 0 Å². The van der Waals surface area contributed by atoms with E-state index in [2.05, 4.69) is 15.7 Å². The lowest BCUT2D eigenvalue weighted by Gasteiger charge is -2.08. The Bertz CT molecular complexity index is 664. The van der Waals surface area contributed by atoms with E-state index in [1.54, 1.807) is 17.9 Å². The number of aromatic nitrogens is 2. The fraction of sp³-hybridized carbons (Fsp3) is 0.312. The number of aryl methyl sites for hydroxylation is 1. The van der Waals surface area contributed by atoms with Gasteiger partial charge in [-0.15, -0.1) is 0 Å². The van der Waals surface area contributed by atoms with Crippen molar-refractivity contribution >= 4 is 17.5 Å². The summed E-state index contributed by atoms with van der Waals surface area (Å²) < 4.78 is 1.58. The van der Waals surface area contributed by atoms with E-state index in [1.165, 1.54) is 6.20 Å². The lowest BCUT2D eigenvalue weighted by atomic mass is 10.2. The van der Waals surface area contributed by atoms with Crippen molar-refractivity contribution in [3.63, 3.8) is 0 Å². The summed E-state index contributed by atoms with van der Waals surface area (Å²) in [6.07, 6.45) is 4.50. The lowest BCUT2D eigenvalue weighted by Crippen LogP contribution is -2.22. The van der Waals surface area contributed by atoms with Crippen molar-refractivity contribution in [2.75, 3.05) is 5.32 Å². The minimum absolute atomic E-state index is 0.000884. The highest BCUT2D eigenvalue weighted by Crippen LogP contribution is 2.11. The Kier molecular flexibility index (Phi) is 5.30. The second-order valence-corrected chi connectivity index (χ2v) is 5.08. The normalized spacial score (nSPS) is 10.3. The molecule has 0 saturated heterocycles. The van der Waals surface area contributed by atoms with Crippen LogP contribution in [0.4, 0.5) is 5.69 Å². The van der Waals surface area contributed by atoms with E-state index in [0.717, 1.165) is 17.7 Å². The van der Waals surface area contributed by atoms with Crippen LogP contribution in [-0.4, -0.2) is 21.6 Å². The van der Waals surface area contributed by atoms with Crippen LogP contribution >= 0.6 is 0 Å². The Morgan fingerprint density at radius 2 is 2.14 bits per heavy atom. The standard InChI is InChI=1S/C16H20N4O2/c1-3-5-15(21)19-14-7-4-6-12(8-14)9-17-16(22)13-10-18-20(2)11-13/h4,6-8,10-11H,3,5,9H2,1-2H3,(H,17,22)(H,19,21). The second kappa shape index (κ2) is 7.40. The summed E-state index contributed by atoms with van der Waals surface area (Å²) in [6.45, 7) is 2.36. The van der Waals surface area contributed by atoms with Crippen LogP contribution in [0.2, 0.25) is 0 Å². The summed E-state index contributed by atoms with van der Waals surface area (Å²) >= 11 is 0. The Morgan fingerprint density at radius 3 is 2.82 bits per heavy atom. The van der Waals surface area contributed by atoms with E-state index in [9.17, 15) is 9.59 Å². The molecule has 0 atom stereocenters. The van der Waals surface area contributed by atoms with E-state index in [-0.39, 0.29) is 11.8 Å². The van der Waals surface area contributed by atoms with Gasteiger partial charge in [-0.05, 0) is 24.1 Å². The molecule has 0 radical (unpaired) electrons. The van der Waals surface area contributed by atoms with Gasteiger partial charge in [0.25, 0.3) is 5.91 Å². The molecule has 22 heavy (non-hydrogen) atoms. The van der Waals surface area contributed by atoms with Gasteiger partial charge in [0, 0.05) is 31.9 Å². The van der Waals surface area contributed by atoms with Gasteiger partial charge in [0.15, 0.2) is 0 Å². The van der Waals surface area contributed by atoms with Gasteiger partial charge in [0.2, 0.25) is 5.91 Å². The number of rotatable bonds is 6. The second-order valence-electron chi connectivity index (χ2n) is 5.08. The molecule has 0 aliphatic carbocycles. The SMILES string of the molecule is CCCC(=O)Nc1cccc(CNC(=O)c2cnn(C)c2)c1. The van der Waals surface area contributed by atoms with Gasteiger partial charge < -0.3 is 10.6 Å². The van der Waals surface area contributed by atoms with Gasteiger partial charge >= 0.3 is 0 Å². The molecule has 1 heterocycles. The van der Waals surface area contributed by atoms with E-state index in [0.29, 0.717) is 18.5 Å². The number of benzene rings is 1. The van der Waals surface area contributed by atoms with Gasteiger partial charge in [0.1, 0.15) is 0 Å². The zero-order valence-corrected chi connectivity index (χ0v) is 12.8. The average Bonchev–Trinajstić information content (AvgIpc) is 2.92. The minimum Gasteiger partial charge on any atom is -0.348 e. The zero-order chi connectivity index (χ0) is 15.9. The van der Waals surface area contributed by atoms with E-state index < -0.39 is 0 Å². The van der Waals surface area contributed by atoms with Gasteiger partial charge in [0.05, 0.1) is 11.8 Å². The van der Waals surface area contributed by atoms with Crippen molar-refractivity contribution in [3.05, 3.63) is 47.8 Å². The summed E-state index contributed by atoms with van der Waals surface area (Å²) in [6, 6.07) is 7.45. The minimum atomic E-state index is -0.173. The van der Waals surface area contributed by atoms with Crippen LogP contribution in [0.5, 0.6) is 0 Å². The molecule has 2 aromatic rings. The molecule has 1 aromatic heterocycles. The smallest absolute Gasteiger partial charge is 0.254 e. The van der Waals surface area contributed by atoms with Crippen LogP contribution in [-0.2, 0) is 18.4 Å². The molecule has 0 aliphatic rings. The molecule has 1 aromatic carbocycles. The number of nitrogens with zero attached hydrogens (tertiary/aromatic N) is 2. The van der Waals surface area contributed by atoms with Gasteiger partial charge in [-0.1, -0.05) is 19.1 Å². The van der Waals surface area contributed by atoms with E-state index in [4.69, 9.17) is 0 Å². The first-order valence-corrected chi connectivity index (χ1v) is 7.24. The van der Waals surface area contributed by atoms with Crippen LogP contribution in [0, 0.1) is 0 Å². The highest BCUT2D eigenvalue weighted by Gasteiger charge is 2.07. The molecule has 6 nitrogen and oxygen atoms in total. The Labute approximate surface area is 129 Å². The highest BCUT2D eigenvalue weighted by molar-refractivity contribution is 5.93. The van der Waals surface area contributed by atoms with Crippen molar-refractivity contribution in [3.8, 4) is 0 Å². The fourth-order valence-electron chi connectivity index (χ4n) is 2.03. The van der Waals surface area contributed by atoms with Crippen molar-refractivity contribution in [2.45, 2.75) is 26.3 Å². The lowest BCUT2D eigenvalue weighted by molar-refractivity contribution is -0.116. The third kappa shape index (κ3) is 4.44. The molecular weight excluding hydrogens is 280 g/mol. The predicted molar refractivity (Wildman–Crippen MR) is 84.4 cm³/mol. The Morgan fingerprint density at radius 1 is 1.32 bits per heavy atom. The average molecular weight is 300 g/mol. The molecule has 0 bridgehead atoms. The first-order chi connectivity index (χ1) is 10.6. The van der Waals surface area contributed by atoms with Crippen LogP contribution in [0.25, 0.3) is 0 Å². The van der Waals surface area contributed by atoms with Crippen LogP contribution in [0.1, 0.15) is 35.7 Å². The Balaban J connectivity index is 1.93. The maximum Gasteiger partial charge on any atom is 0.254 e. The molecule has 0 spiro atoms. The van der Waals surface area contributed by atoms with Gasteiger partial charge in [-0.25, -0.2) is 0 Å². The van der Waals surface area contributed by atoms with E-state index in [1.807, 2.05) is 31.2 Å². The van der Waals surface area contributed by atoms with E-state index >= 15 is 0 Å². The molecule has 0 unspecified atom stereocenters. The molecule has 6 heteroatoms. The van der Waals surface area contributed by atoms with Gasteiger partial charge in [-0.3, -0.25) is 14.3 Å². The van der Waals surface area contributed by atoms with Crippen LogP contribution < -0.4 is 10.6 Å². The molecule has 2 amide bonds. The Hall–Kier alpha value is -2.63. The number of hydrogen-bond acceptors (Lipinski definition) is 3. The topological polar surface area (TPSA) is 76.0 Å². The number of hydrogen-bond donors (Lipinski definition) is 2. The first kappa shape index (κ1) is 15.8. The highest BCUT2D eigenvalue weighted by atomic mass is 16.2. The number of carbonyl (C=O) groups is 2. The van der Waals surface area contributed by atoms with Crippen molar-refractivity contribution < 1.29 is 9.59 Å². The number of anilines is 1. The summed E-state index contributed by atoms with van der Waals surface area (Å²) in [4.78, 5) is 23.5.